The van der Waals surface area contributed by atoms with Crippen LogP contribution in [0.2, 0.25) is 0 Å². The molecular weight excluding hydrogens is 186 g/mol. The lowest BCUT2D eigenvalue weighted by atomic mass is 10.1. The van der Waals surface area contributed by atoms with Crippen LogP contribution in [0.4, 0.5) is 0 Å². The van der Waals surface area contributed by atoms with Gasteiger partial charge in [-0.2, -0.15) is 0 Å². The van der Waals surface area contributed by atoms with Crippen LogP contribution in [0.15, 0.2) is 12.2 Å². The van der Waals surface area contributed by atoms with Gasteiger partial charge in [0.05, 0.1) is 12.7 Å². The lowest BCUT2D eigenvalue weighted by Crippen LogP contribution is -2.35. The van der Waals surface area contributed by atoms with Crippen molar-refractivity contribution in [2.24, 2.45) is 0 Å². The van der Waals surface area contributed by atoms with Gasteiger partial charge in [0.25, 0.3) is 0 Å². The van der Waals surface area contributed by atoms with Crippen LogP contribution in [-0.2, 0) is 4.74 Å². The van der Waals surface area contributed by atoms with Gasteiger partial charge in [0.15, 0.2) is 0 Å². The van der Waals surface area contributed by atoms with Gasteiger partial charge < -0.3 is 10.1 Å². The van der Waals surface area contributed by atoms with Gasteiger partial charge in [0.1, 0.15) is 0 Å². The van der Waals surface area contributed by atoms with Crippen LogP contribution in [0.3, 0.4) is 0 Å². The Kier molecular flexibility index (Phi) is 8.73. The van der Waals surface area contributed by atoms with Crippen LogP contribution >= 0.6 is 0 Å². The molecule has 0 aromatic heterocycles. The molecule has 0 rings (SSSR count). The van der Waals surface area contributed by atoms with Crippen molar-refractivity contribution in [2.45, 2.75) is 59.1 Å². The van der Waals surface area contributed by atoms with E-state index in [1.54, 1.807) is 0 Å². The van der Waals surface area contributed by atoms with Crippen molar-refractivity contribution in [1.82, 2.24) is 5.32 Å². The fourth-order valence-electron chi connectivity index (χ4n) is 1.34. The second-order valence-corrected chi connectivity index (χ2v) is 4.34. The van der Waals surface area contributed by atoms with E-state index in [4.69, 9.17) is 4.74 Å². The summed E-state index contributed by atoms with van der Waals surface area (Å²) < 4.78 is 5.64. The molecule has 2 nitrogen and oxygen atoms in total. The standard InChI is InChI=1S/C13H27NO/c1-6-8-14-13(9-12(5)7-2)10-15-11(3)4/h11,13-14H,5-10H2,1-4H3. The molecule has 0 radical (unpaired) electrons. The second kappa shape index (κ2) is 8.93. The van der Waals surface area contributed by atoms with Gasteiger partial charge in [-0.25, -0.2) is 0 Å². The van der Waals surface area contributed by atoms with Crippen LogP contribution < -0.4 is 5.32 Å². The molecule has 1 unspecified atom stereocenters. The molecule has 0 saturated carbocycles. The zero-order chi connectivity index (χ0) is 11.7. The van der Waals surface area contributed by atoms with Gasteiger partial charge in [-0.05, 0) is 39.7 Å². The molecule has 0 aliphatic heterocycles. The first-order valence-corrected chi connectivity index (χ1v) is 6.11. The fourth-order valence-corrected chi connectivity index (χ4v) is 1.34. The molecule has 0 aliphatic carbocycles. The smallest absolute Gasteiger partial charge is 0.0626 e. The first kappa shape index (κ1) is 14.7. The van der Waals surface area contributed by atoms with Crippen molar-refractivity contribution < 1.29 is 4.74 Å². The molecule has 15 heavy (non-hydrogen) atoms. The summed E-state index contributed by atoms with van der Waals surface area (Å²) in [4.78, 5) is 0. The fraction of sp³-hybridized carbons (Fsp3) is 0.846. The Labute approximate surface area is 95.1 Å². The topological polar surface area (TPSA) is 21.3 Å². The van der Waals surface area contributed by atoms with Gasteiger partial charge >= 0.3 is 0 Å². The molecule has 0 saturated heterocycles. The molecule has 1 N–H and O–H groups in total. The average Bonchev–Trinajstić information content (AvgIpc) is 2.21. The SMILES string of the molecule is C=C(CC)CC(COC(C)C)NCCC. The summed E-state index contributed by atoms with van der Waals surface area (Å²) in [6, 6.07) is 0.430. The molecule has 0 amide bonds. The van der Waals surface area contributed by atoms with E-state index in [1.165, 1.54) is 5.57 Å². The molecule has 0 aliphatic rings. The zero-order valence-corrected chi connectivity index (χ0v) is 10.8. The summed E-state index contributed by atoms with van der Waals surface area (Å²) in [6.07, 6.45) is 3.57. The lowest BCUT2D eigenvalue weighted by molar-refractivity contribution is 0.0612. The Morgan fingerprint density at radius 3 is 2.47 bits per heavy atom. The summed E-state index contributed by atoms with van der Waals surface area (Å²) in [5, 5.41) is 3.50. The maximum Gasteiger partial charge on any atom is 0.0626 e. The highest BCUT2D eigenvalue weighted by Crippen LogP contribution is 2.08. The van der Waals surface area contributed by atoms with Crippen molar-refractivity contribution in [3.05, 3.63) is 12.2 Å². The summed E-state index contributed by atoms with van der Waals surface area (Å²) in [5.41, 5.74) is 1.30. The van der Waals surface area contributed by atoms with Gasteiger partial charge in [-0.3, -0.25) is 0 Å². The van der Waals surface area contributed by atoms with E-state index in [0.29, 0.717) is 12.1 Å². The summed E-state index contributed by atoms with van der Waals surface area (Å²) in [7, 11) is 0. The number of ether oxygens (including phenoxy) is 1. The third kappa shape index (κ3) is 8.64. The van der Waals surface area contributed by atoms with E-state index in [-0.39, 0.29) is 0 Å². The quantitative estimate of drug-likeness (QED) is 0.594. The maximum atomic E-state index is 5.64. The first-order valence-electron chi connectivity index (χ1n) is 6.11. The number of rotatable bonds is 9. The largest absolute Gasteiger partial charge is 0.377 e. The average molecular weight is 213 g/mol. The Morgan fingerprint density at radius 1 is 1.33 bits per heavy atom. The van der Waals surface area contributed by atoms with E-state index in [2.05, 4.69) is 39.6 Å². The minimum Gasteiger partial charge on any atom is -0.377 e. The predicted molar refractivity (Wildman–Crippen MR) is 67.2 cm³/mol. The summed E-state index contributed by atoms with van der Waals surface area (Å²) >= 11 is 0. The monoisotopic (exact) mass is 213 g/mol. The van der Waals surface area contributed by atoms with Gasteiger partial charge in [0.2, 0.25) is 0 Å². The molecule has 0 fully saturated rings. The van der Waals surface area contributed by atoms with E-state index in [9.17, 15) is 0 Å². The van der Waals surface area contributed by atoms with Gasteiger partial charge in [0, 0.05) is 6.04 Å². The van der Waals surface area contributed by atoms with Crippen LogP contribution in [0.5, 0.6) is 0 Å². The molecule has 1 atom stereocenters. The maximum absolute atomic E-state index is 5.64. The molecule has 2 heteroatoms. The van der Waals surface area contributed by atoms with Gasteiger partial charge in [-0.15, -0.1) is 0 Å². The molecule has 0 aromatic carbocycles. The summed E-state index contributed by atoms with van der Waals surface area (Å²) in [5.74, 6) is 0. The minimum absolute atomic E-state index is 0.311. The number of hydrogen-bond acceptors (Lipinski definition) is 2. The number of nitrogens with one attached hydrogen (secondary N) is 1. The van der Waals surface area contributed by atoms with Gasteiger partial charge in [-0.1, -0.05) is 26.0 Å². The number of hydrogen-bond donors (Lipinski definition) is 1. The molecule has 0 aromatic rings. The normalized spacial score (nSPS) is 13.1. The van der Waals surface area contributed by atoms with E-state index < -0.39 is 0 Å². The van der Waals surface area contributed by atoms with Crippen molar-refractivity contribution in [1.29, 1.82) is 0 Å². The Bertz CT molecular complexity index is 166. The minimum atomic E-state index is 0.311. The molecular formula is C13H27NO. The van der Waals surface area contributed by atoms with Crippen LogP contribution in [0.1, 0.15) is 47.0 Å². The Hall–Kier alpha value is -0.340. The van der Waals surface area contributed by atoms with E-state index in [0.717, 1.165) is 32.4 Å². The van der Waals surface area contributed by atoms with E-state index >= 15 is 0 Å². The highest BCUT2D eigenvalue weighted by atomic mass is 16.5. The molecule has 0 bridgehead atoms. The Balaban J connectivity index is 3.88. The van der Waals surface area contributed by atoms with Crippen LogP contribution in [-0.4, -0.2) is 25.3 Å². The van der Waals surface area contributed by atoms with Crippen molar-refractivity contribution in [3.8, 4) is 0 Å². The lowest BCUT2D eigenvalue weighted by Gasteiger charge is -2.20. The zero-order valence-electron chi connectivity index (χ0n) is 10.8. The molecule has 0 spiro atoms. The Morgan fingerprint density at radius 2 is 2.00 bits per heavy atom. The first-order chi connectivity index (χ1) is 7.10. The highest BCUT2D eigenvalue weighted by molar-refractivity contribution is 4.96. The van der Waals surface area contributed by atoms with E-state index in [1.807, 2.05) is 0 Å². The third-order valence-corrected chi connectivity index (χ3v) is 2.35. The third-order valence-electron chi connectivity index (χ3n) is 2.35. The summed E-state index contributed by atoms with van der Waals surface area (Å²) in [6.45, 7) is 14.4. The van der Waals surface area contributed by atoms with Crippen molar-refractivity contribution in [2.75, 3.05) is 13.2 Å². The van der Waals surface area contributed by atoms with Crippen LogP contribution in [0, 0.1) is 0 Å². The van der Waals surface area contributed by atoms with Crippen molar-refractivity contribution in [3.63, 3.8) is 0 Å². The van der Waals surface area contributed by atoms with Crippen LogP contribution in [0.25, 0.3) is 0 Å². The molecule has 90 valence electrons. The van der Waals surface area contributed by atoms with Crippen molar-refractivity contribution >= 4 is 0 Å². The highest BCUT2D eigenvalue weighted by Gasteiger charge is 2.09. The molecule has 0 heterocycles. The second-order valence-electron chi connectivity index (χ2n) is 4.34. The predicted octanol–water partition coefficient (Wildman–Crippen LogP) is 3.14.